The van der Waals surface area contributed by atoms with Crippen molar-refractivity contribution in [3.63, 3.8) is 0 Å². The zero-order chi connectivity index (χ0) is 17.7. The number of rotatable bonds is 6. The third-order valence-electron chi connectivity index (χ3n) is 2.91. The molecule has 2 N–H and O–H groups in total. The molecule has 2 rings (SSSR count). The summed E-state index contributed by atoms with van der Waals surface area (Å²) in [6, 6.07) is 5.70. The Morgan fingerprint density at radius 1 is 1.04 bits per heavy atom. The molecular formula is C14H11Cl2N3O4S. The van der Waals surface area contributed by atoms with E-state index in [2.05, 4.69) is 10.6 Å². The summed E-state index contributed by atoms with van der Waals surface area (Å²) in [5.41, 5.74) is 0.562. The number of halogens is 2. The molecule has 0 unspecified atom stereocenters. The van der Waals surface area contributed by atoms with E-state index in [1.807, 2.05) is 0 Å². The maximum Gasteiger partial charge on any atom is 0.324 e. The van der Waals surface area contributed by atoms with Gasteiger partial charge >= 0.3 is 5.00 Å². The smallest absolute Gasteiger partial charge is 0.324 e. The molecular weight excluding hydrogens is 377 g/mol. The Morgan fingerprint density at radius 3 is 2.21 bits per heavy atom. The number of hydrogen-bond acceptors (Lipinski definition) is 5. The first-order chi connectivity index (χ1) is 11.4. The number of carbonyl (C=O) groups excluding carboxylic acids is 2. The molecule has 0 atom stereocenters. The molecule has 0 spiro atoms. The molecule has 0 aliphatic heterocycles. The molecule has 0 saturated carbocycles. The first-order valence-electron chi connectivity index (χ1n) is 6.63. The van der Waals surface area contributed by atoms with Crippen LogP contribution < -0.4 is 10.6 Å². The fraction of sp³-hybridized carbons (Fsp3) is 0.143. The Labute approximate surface area is 150 Å². The summed E-state index contributed by atoms with van der Waals surface area (Å²) < 4.78 is 0. The van der Waals surface area contributed by atoms with Crippen LogP contribution in [0.2, 0.25) is 10.0 Å². The zero-order valence-corrected chi connectivity index (χ0v) is 14.4. The van der Waals surface area contributed by atoms with Crippen LogP contribution in [-0.4, -0.2) is 29.8 Å². The number of amides is 2. The summed E-state index contributed by atoms with van der Waals surface area (Å²) in [4.78, 5) is 33.7. The van der Waals surface area contributed by atoms with E-state index in [9.17, 15) is 19.7 Å². The van der Waals surface area contributed by atoms with Gasteiger partial charge in [-0.1, -0.05) is 34.5 Å². The monoisotopic (exact) mass is 387 g/mol. The molecule has 0 aliphatic carbocycles. The molecule has 1 aromatic carbocycles. The minimum absolute atomic E-state index is 0.104. The second-order valence-corrected chi connectivity index (χ2v) is 6.28. The average Bonchev–Trinajstić information content (AvgIpc) is 3.04. The van der Waals surface area contributed by atoms with Gasteiger partial charge < -0.3 is 10.6 Å². The molecule has 24 heavy (non-hydrogen) atoms. The lowest BCUT2D eigenvalue weighted by Crippen LogP contribution is -2.34. The number of nitrogens with zero attached hydrogens (tertiary/aromatic N) is 1. The highest BCUT2D eigenvalue weighted by Gasteiger charge is 2.14. The number of nitro groups is 1. The molecule has 2 amide bonds. The number of benzene rings is 1. The Kier molecular flexibility index (Phi) is 6.13. The molecule has 7 nitrogen and oxygen atoms in total. The molecule has 0 radical (unpaired) electrons. The van der Waals surface area contributed by atoms with Gasteiger partial charge in [0.15, 0.2) is 0 Å². The first kappa shape index (κ1) is 18.2. The van der Waals surface area contributed by atoms with Crippen molar-refractivity contribution in [1.82, 2.24) is 10.6 Å². The van der Waals surface area contributed by atoms with Crippen molar-refractivity contribution in [1.29, 1.82) is 0 Å². The van der Waals surface area contributed by atoms with Crippen molar-refractivity contribution in [3.05, 3.63) is 60.9 Å². The van der Waals surface area contributed by atoms with Crippen LogP contribution in [0.1, 0.15) is 20.7 Å². The summed E-state index contributed by atoms with van der Waals surface area (Å²) in [5, 5.41) is 17.7. The van der Waals surface area contributed by atoms with Gasteiger partial charge in [-0.3, -0.25) is 19.7 Å². The van der Waals surface area contributed by atoms with Gasteiger partial charge in [0, 0.05) is 30.1 Å². The van der Waals surface area contributed by atoms with Crippen LogP contribution in [0, 0.1) is 10.1 Å². The Hall–Kier alpha value is -2.16. The Balaban J connectivity index is 1.79. The van der Waals surface area contributed by atoms with E-state index in [1.165, 1.54) is 29.6 Å². The maximum absolute atomic E-state index is 11.9. The highest BCUT2D eigenvalue weighted by Crippen LogP contribution is 2.23. The van der Waals surface area contributed by atoms with Crippen LogP contribution in [0.5, 0.6) is 0 Å². The molecule has 10 heteroatoms. The molecule has 0 bridgehead atoms. The van der Waals surface area contributed by atoms with Crippen LogP contribution in [0.15, 0.2) is 29.6 Å². The van der Waals surface area contributed by atoms with Gasteiger partial charge in [-0.05, 0) is 18.2 Å². The third kappa shape index (κ3) is 4.67. The third-order valence-corrected chi connectivity index (χ3v) is 4.52. The van der Waals surface area contributed by atoms with Crippen LogP contribution >= 0.6 is 34.5 Å². The van der Waals surface area contributed by atoms with E-state index < -0.39 is 10.8 Å². The standard InChI is InChI=1S/C14H11Cl2N3O4S/c15-10-2-1-8(5-11(10)16)13(20)17-3-4-18-14(21)9-6-12(19(22)23)24-7-9/h1-2,5-7H,3-4H2,(H,17,20)(H,18,21). The van der Waals surface area contributed by atoms with E-state index in [0.29, 0.717) is 10.6 Å². The average molecular weight is 388 g/mol. The lowest BCUT2D eigenvalue weighted by atomic mass is 10.2. The SMILES string of the molecule is O=C(NCCNC(=O)c1ccc(Cl)c(Cl)c1)c1csc([N+](=O)[O-])c1. The minimum atomic E-state index is -0.557. The number of carbonyl (C=O) groups is 2. The molecule has 0 aliphatic rings. The largest absolute Gasteiger partial charge is 0.350 e. The Morgan fingerprint density at radius 2 is 1.67 bits per heavy atom. The molecule has 0 saturated heterocycles. The van der Waals surface area contributed by atoms with Crippen molar-refractivity contribution < 1.29 is 14.5 Å². The normalized spacial score (nSPS) is 10.2. The summed E-state index contributed by atoms with van der Waals surface area (Å²) in [6.45, 7) is 0.368. The van der Waals surface area contributed by atoms with Gasteiger partial charge in [0.2, 0.25) is 0 Å². The highest BCUT2D eigenvalue weighted by molar-refractivity contribution is 7.13. The number of thiophene rings is 1. The van der Waals surface area contributed by atoms with Crippen LogP contribution in [0.25, 0.3) is 0 Å². The van der Waals surface area contributed by atoms with Crippen LogP contribution in [0.3, 0.4) is 0 Å². The van der Waals surface area contributed by atoms with E-state index in [0.717, 1.165) is 11.3 Å². The summed E-state index contributed by atoms with van der Waals surface area (Å²) in [7, 11) is 0. The van der Waals surface area contributed by atoms with E-state index >= 15 is 0 Å². The van der Waals surface area contributed by atoms with Gasteiger partial charge in [-0.25, -0.2) is 0 Å². The molecule has 0 fully saturated rings. The fourth-order valence-corrected chi connectivity index (χ4v) is 2.74. The zero-order valence-electron chi connectivity index (χ0n) is 12.0. The van der Waals surface area contributed by atoms with Crippen LogP contribution in [0.4, 0.5) is 5.00 Å². The maximum atomic E-state index is 11.9. The predicted octanol–water partition coefficient (Wildman–Crippen LogP) is 3.12. The van der Waals surface area contributed by atoms with Crippen molar-refractivity contribution >= 4 is 51.4 Å². The van der Waals surface area contributed by atoms with Gasteiger partial charge in [-0.2, -0.15) is 0 Å². The lowest BCUT2D eigenvalue weighted by molar-refractivity contribution is -0.380. The van der Waals surface area contributed by atoms with Gasteiger partial charge in [0.05, 0.1) is 20.5 Å². The second kappa shape index (κ2) is 8.09. The Bertz CT molecular complexity index is 794. The quantitative estimate of drug-likeness (QED) is 0.451. The summed E-state index contributed by atoms with van der Waals surface area (Å²) in [6.07, 6.45) is 0. The lowest BCUT2D eigenvalue weighted by Gasteiger charge is -2.07. The van der Waals surface area contributed by atoms with Crippen molar-refractivity contribution in [3.8, 4) is 0 Å². The van der Waals surface area contributed by atoms with Crippen molar-refractivity contribution in [2.24, 2.45) is 0 Å². The number of nitrogens with one attached hydrogen (secondary N) is 2. The van der Waals surface area contributed by atoms with Crippen molar-refractivity contribution in [2.75, 3.05) is 13.1 Å². The van der Waals surface area contributed by atoms with E-state index in [4.69, 9.17) is 23.2 Å². The second-order valence-electron chi connectivity index (χ2n) is 4.57. The van der Waals surface area contributed by atoms with E-state index in [-0.39, 0.29) is 34.6 Å². The molecule has 2 aromatic rings. The number of hydrogen-bond donors (Lipinski definition) is 2. The van der Waals surface area contributed by atoms with Gasteiger partial charge in [0.1, 0.15) is 0 Å². The topological polar surface area (TPSA) is 101 Å². The first-order valence-corrected chi connectivity index (χ1v) is 8.26. The highest BCUT2D eigenvalue weighted by atomic mass is 35.5. The minimum Gasteiger partial charge on any atom is -0.350 e. The summed E-state index contributed by atoms with van der Waals surface area (Å²) in [5.74, 6) is -0.794. The fourth-order valence-electron chi connectivity index (χ4n) is 1.73. The van der Waals surface area contributed by atoms with Gasteiger partial charge in [-0.15, -0.1) is 0 Å². The predicted molar refractivity (Wildman–Crippen MR) is 92.1 cm³/mol. The molecule has 126 valence electrons. The van der Waals surface area contributed by atoms with Gasteiger partial charge in [0.25, 0.3) is 11.8 Å². The van der Waals surface area contributed by atoms with Crippen molar-refractivity contribution in [2.45, 2.75) is 0 Å². The summed E-state index contributed by atoms with van der Waals surface area (Å²) >= 11 is 12.5. The van der Waals surface area contributed by atoms with Crippen LogP contribution in [-0.2, 0) is 0 Å². The molecule has 1 aromatic heterocycles. The van der Waals surface area contributed by atoms with E-state index in [1.54, 1.807) is 0 Å². The molecule has 1 heterocycles.